The van der Waals surface area contributed by atoms with Crippen molar-refractivity contribution in [2.24, 2.45) is 0 Å². The van der Waals surface area contributed by atoms with E-state index in [0.717, 1.165) is 37.8 Å². The predicted octanol–water partition coefficient (Wildman–Crippen LogP) is 2.37. The Kier molecular flexibility index (Phi) is 5.18. The molecule has 0 radical (unpaired) electrons. The van der Waals surface area contributed by atoms with Gasteiger partial charge < -0.3 is 4.74 Å². The van der Waals surface area contributed by atoms with Gasteiger partial charge in [-0.2, -0.15) is 4.72 Å². The summed E-state index contributed by atoms with van der Waals surface area (Å²) in [5.74, 6) is -1.09. The quantitative estimate of drug-likeness (QED) is 0.680. The summed E-state index contributed by atoms with van der Waals surface area (Å²) in [6.07, 6.45) is 4.22. The van der Waals surface area contributed by atoms with E-state index in [4.69, 9.17) is 4.74 Å². The molecule has 2 rings (SSSR count). The van der Waals surface area contributed by atoms with Crippen molar-refractivity contribution in [2.45, 2.75) is 49.0 Å². The van der Waals surface area contributed by atoms with Crippen molar-refractivity contribution in [2.75, 3.05) is 7.11 Å². The van der Waals surface area contributed by atoms with E-state index >= 15 is 0 Å². The molecule has 22 heavy (non-hydrogen) atoms. The standard InChI is InChI=1S/C15H20FNO4S/c1-21-14(18)15(10-4-2-3-5-11-15)17-22(19,20)13-8-6-12(16)7-9-13/h6-9,17H,2-5,10-11H2,1H3. The summed E-state index contributed by atoms with van der Waals surface area (Å²) in [6, 6.07) is 4.51. The van der Waals surface area contributed by atoms with E-state index in [2.05, 4.69) is 4.72 Å². The van der Waals surface area contributed by atoms with Crippen LogP contribution in [0, 0.1) is 5.82 Å². The summed E-state index contributed by atoms with van der Waals surface area (Å²) in [5.41, 5.74) is -1.24. The molecule has 7 heteroatoms. The van der Waals surface area contributed by atoms with Crippen molar-refractivity contribution in [3.8, 4) is 0 Å². The number of halogens is 1. The van der Waals surface area contributed by atoms with Crippen LogP contribution in [0.25, 0.3) is 0 Å². The van der Waals surface area contributed by atoms with Gasteiger partial charge in [-0.05, 0) is 37.1 Å². The third-order valence-electron chi connectivity index (χ3n) is 3.99. The number of benzene rings is 1. The van der Waals surface area contributed by atoms with Crippen molar-refractivity contribution < 1.29 is 22.3 Å². The molecule has 5 nitrogen and oxygen atoms in total. The van der Waals surface area contributed by atoms with Crippen LogP contribution >= 0.6 is 0 Å². The van der Waals surface area contributed by atoms with E-state index < -0.39 is 27.3 Å². The second kappa shape index (κ2) is 6.75. The molecular formula is C15H20FNO4S. The van der Waals surface area contributed by atoms with Crippen LogP contribution in [-0.4, -0.2) is 27.0 Å². The number of esters is 1. The summed E-state index contributed by atoms with van der Waals surface area (Å²) in [4.78, 5) is 12.1. The Labute approximate surface area is 129 Å². The maximum atomic E-state index is 13.0. The molecule has 0 amide bonds. The summed E-state index contributed by atoms with van der Waals surface area (Å²) in [6.45, 7) is 0. The smallest absolute Gasteiger partial charge is 0.327 e. The van der Waals surface area contributed by atoms with Crippen molar-refractivity contribution in [1.82, 2.24) is 4.72 Å². The fraction of sp³-hybridized carbons (Fsp3) is 0.533. The Hall–Kier alpha value is -1.47. The molecule has 122 valence electrons. The number of carbonyl (C=O) groups is 1. The largest absolute Gasteiger partial charge is 0.468 e. The number of rotatable bonds is 4. The summed E-state index contributed by atoms with van der Waals surface area (Å²) < 4.78 is 45.3. The maximum Gasteiger partial charge on any atom is 0.327 e. The lowest BCUT2D eigenvalue weighted by atomic mass is 9.92. The molecule has 0 saturated heterocycles. The topological polar surface area (TPSA) is 72.5 Å². The second-order valence-electron chi connectivity index (χ2n) is 5.55. The lowest BCUT2D eigenvalue weighted by Crippen LogP contribution is -2.54. The van der Waals surface area contributed by atoms with Crippen LogP contribution in [-0.2, 0) is 19.6 Å². The van der Waals surface area contributed by atoms with E-state index in [0.29, 0.717) is 12.8 Å². The molecule has 1 N–H and O–H groups in total. The molecule has 1 saturated carbocycles. The molecule has 0 bridgehead atoms. The fourth-order valence-corrected chi connectivity index (χ4v) is 4.22. The van der Waals surface area contributed by atoms with Crippen molar-refractivity contribution in [3.63, 3.8) is 0 Å². The average molecular weight is 329 g/mol. The number of methoxy groups -OCH3 is 1. The summed E-state index contributed by atoms with van der Waals surface area (Å²) >= 11 is 0. The number of sulfonamides is 1. The van der Waals surface area contributed by atoms with Gasteiger partial charge in [-0.1, -0.05) is 25.7 Å². The third kappa shape index (κ3) is 3.64. The Morgan fingerprint density at radius 3 is 2.18 bits per heavy atom. The Balaban J connectivity index is 2.33. The third-order valence-corrected chi connectivity index (χ3v) is 5.54. The molecule has 0 spiro atoms. The molecule has 1 aromatic rings. The van der Waals surface area contributed by atoms with Gasteiger partial charge in [-0.25, -0.2) is 12.8 Å². The molecule has 1 aromatic carbocycles. The molecule has 0 unspecified atom stereocenters. The van der Waals surface area contributed by atoms with Gasteiger partial charge in [0, 0.05) is 0 Å². The SMILES string of the molecule is COC(=O)C1(NS(=O)(=O)c2ccc(F)cc2)CCCCCC1. The van der Waals surface area contributed by atoms with Gasteiger partial charge in [0.2, 0.25) is 10.0 Å². The lowest BCUT2D eigenvalue weighted by Gasteiger charge is -2.30. The van der Waals surface area contributed by atoms with Crippen LogP contribution in [0.3, 0.4) is 0 Å². The van der Waals surface area contributed by atoms with Crippen LogP contribution < -0.4 is 4.72 Å². The molecule has 1 fully saturated rings. The molecule has 0 heterocycles. The van der Waals surface area contributed by atoms with E-state index in [1.165, 1.54) is 19.2 Å². The van der Waals surface area contributed by atoms with Crippen molar-refractivity contribution in [3.05, 3.63) is 30.1 Å². The minimum absolute atomic E-state index is 0.0681. The first kappa shape index (κ1) is 16.9. The van der Waals surface area contributed by atoms with Gasteiger partial charge >= 0.3 is 5.97 Å². The maximum absolute atomic E-state index is 13.0. The molecular weight excluding hydrogens is 309 g/mol. The molecule has 0 aromatic heterocycles. The van der Waals surface area contributed by atoms with E-state index in [1.807, 2.05) is 0 Å². The van der Waals surface area contributed by atoms with Crippen LogP contribution in [0.1, 0.15) is 38.5 Å². The monoisotopic (exact) mass is 329 g/mol. The predicted molar refractivity (Wildman–Crippen MR) is 79.2 cm³/mol. The number of hydrogen-bond donors (Lipinski definition) is 1. The molecule has 0 atom stereocenters. The Morgan fingerprint density at radius 1 is 1.14 bits per heavy atom. The molecule has 1 aliphatic rings. The van der Waals surface area contributed by atoms with E-state index in [9.17, 15) is 17.6 Å². The second-order valence-corrected chi connectivity index (χ2v) is 7.23. The van der Waals surface area contributed by atoms with Crippen molar-refractivity contribution >= 4 is 16.0 Å². The highest BCUT2D eigenvalue weighted by molar-refractivity contribution is 7.89. The Bertz CT molecular complexity index is 619. The number of ether oxygens (including phenoxy) is 1. The first-order valence-corrected chi connectivity index (χ1v) is 8.76. The first-order valence-electron chi connectivity index (χ1n) is 7.28. The minimum Gasteiger partial charge on any atom is -0.468 e. The van der Waals surface area contributed by atoms with Gasteiger partial charge in [-0.15, -0.1) is 0 Å². The molecule has 1 aliphatic carbocycles. The van der Waals surface area contributed by atoms with Crippen LogP contribution in [0.2, 0.25) is 0 Å². The van der Waals surface area contributed by atoms with Gasteiger partial charge in [0.15, 0.2) is 0 Å². The van der Waals surface area contributed by atoms with Gasteiger partial charge in [0.1, 0.15) is 11.4 Å². The van der Waals surface area contributed by atoms with Gasteiger partial charge in [0.25, 0.3) is 0 Å². The minimum atomic E-state index is -3.92. The zero-order chi connectivity index (χ0) is 16.2. The fourth-order valence-electron chi connectivity index (χ4n) is 2.81. The number of carbonyl (C=O) groups excluding carboxylic acids is 1. The van der Waals surface area contributed by atoms with Gasteiger partial charge in [-0.3, -0.25) is 4.79 Å². The first-order chi connectivity index (χ1) is 10.4. The van der Waals surface area contributed by atoms with E-state index in [1.54, 1.807) is 0 Å². The highest BCUT2D eigenvalue weighted by atomic mass is 32.2. The van der Waals surface area contributed by atoms with Gasteiger partial charge in [0.05, 0.1) is 12.0 Å². The highest BCUT2D eigenvalue weighted by Crippen LogP contribution is 2.30. The summed E-state index contributed by atoms with van der Waals surface area (Å²) in [7, 11) is -2.67. The number of nitrogens with one attached hydrogen (secondary N) is 1. The Morgan fingerprint density at radius 2 is 1.68 bits per heavy atom. The van der Waals surface area contributed by atoms with Crippen LogP contribution in [0.15, 0.2) is 29.2 Å². The van der Waals surface area contributed by atoms with Crippen LogP contribution in [0.4, 0.5) is 4.39 Å². The zero-order valence-corrected chi connectivity index (χ0v) is 13.3. The molecule has 0 aliphatic heterocycles. The average Bonchev–Trinajstić information content (AvgIpc) is 2.73. The summed E-state index contributed by atoms with van der Waals surface area (Å²) in [5, 5.41) is 0. The van der Waals surface area contributed by atoms with E-state index in [-0.39, 0.29) is 4.90 Å². The number of hydrogen-bond acceptors (Lipinski definition) is 4. The van der Waals surface area contributed by atoms with Crippen LogP contribution in [0.5, 0.6) is 0 Å². The zero-order valence-electron chi connectivity index (χ0n) is 12.5. The lowest BCUT2D eigenvalue weighted by molar-refractivity contribution is -0.148. The normalized spacial score (nSPS) is 18.5. The van der Waals surface area contributed by atoms with Crippen molar-refractivity contribution in [1.29, 1.82) is 0 Å². The highest BCUT2D eigenvalue weighted by Gasteiger charge is 2.43.